The molecule has 9 atom stereocenters. The molecule has 0 radical (unpaired) electrons. The molecule has 0 aromatic heterocycles. The van der Waals surface area contributed by atoms with Crippen LogP contribution in [0, 0.1) is 0 Å². The average Bonchev–Trinajstić information content (AvgIpc) is 3.12. The summed E-state index contributed by atoms with van der Waals surface area (Å²) in [6.07, 6.45) is -18.5. The number of hydrogen-bond acceptors (Lipinski definition) is 24. The van der Waals surface area contributed by atoms with Gasteiger partial charge in [0.2, 0.25) is 10.4 Å². The maximum absolute atomic E-state index is 11.6. The summed E-state index contributed by atoms with van der Waals surface area (Å²) in [5, 5.41) is 58.5. The molecular formula is C12H17O23S4-3. The molecular weight excluding hydrogens is 640 g/mol. The van der Waals surface area contributed by atoms with Gasteiger partial charge in [-0.1, -0.05) is 0 Å². The minimum atomic E-state index is -5.68. The lowest BCUT2D eigenvalue weighted by Crippen LogP contribution is -2.64. The van der Waals surface area contributed by atoms with Crippen molar-refractivity contribution in [2.75, 3.05) is 13.2 Å². The number of hydrogen-bond donors (Lipinski definition) is 2. The van der Waals surface area contributed by atoms with E-state index < -0.39 is 95.1 Å². The number of ether oxygens (including phenoxy) is 3. The Bertz CT molecular complexity index is 976. The number of carbonyl (C=O) groups is 1. The second-order valence-corrected chi connectivity index (χ2v) is 10.1. The number of aliphatic carboxylic acids is 1. The Hall–Kier alpha value is -0.610. The first kappa shape index (κ1) is 34.6. The predicted molar refractivity (Wildman–Crippen MR) is 103 cm³/mol. The molecule has 27 heteroatoms. The van der Waals surface area contributed by atoms with Crippen LogP contribution in [0.2, 0.25) is 0 Å². The first-order valence-corrected chi connectivity index (χ1v) is 13.6. The normalized spacial score (nSPS) is 33.8. The van der Waals surface area contributed by atoms with Crippen molar-refractivity contribution in [1.29, 1.82) is 0 Å². The number of carbonyl (C=O) groups excluding carboxylic acids is 1. The van der Waals surface area contributed by atoms with E-state index >= 15 is 0 Å². The van der Waals surface area contributed by atoms with E-state index in [1.165, 1.54) is 0 Å². The van der Waals surface area contributed by atoms with Gasteiger partial charge in [-0.25, -0.2) is 12.6 Å². The van der Waals surface area contributed by atoms with Crippen LogP contribution in [-0.4, -0.2) is 110 Å². The maximum atomic E-state index is 11.6. The van der Waals surface area contributed by atoms with Crippen LogP contribution >= 0.6 is 24.6 Å². The topological polar surface area (TPSA) is 342 Å². The third kappa shape index (κ3) is 11.0. The number of carboxylic acid groups (broad SMARTS) is 1. The van der Waals surface area contributed by atoms with Crippen molar-refractivity contribution in [3.8, 4) is 0 Å². The molecule has 0 aliphatic carbocycles. The predicted octanol–water partition coefficient (Wildman–Crippen LogP) is -7.86. The Morgan fingerprint density at radius 1 is 0.923 bits per heavy atom. The second-order valence-electron chi connectivity index (χ2n) is 7.00. The van der Waals surface area contributed by atoms with Gasteiger partial charge in [-0.2, -0.15) is 0 Å². The molecule has 2 aliphatic rings. The molecule has 0 spiro atoms. The quantitative estimate of drug-likeness (QED) is 0.0279. The summed E-state index contributed by atoms with van der Waals surface area (Å²) in [7, 11) is -10.5. The minimum absolute atomic E-state index is 0.0436. The van der Waals surface area contributed by atoms with Crippen LogP contribution in [0.3, 0.4) is 0 Å². The van der Waals surface area contributed by atoms with Gasteiger partial charge in [0.25, 0.3) is 0 Å². The van der Waals surface area contributed by atoms with Crippen LogP contribution in [0.25, 0.3) is 0 Å². The Morgan fingerprint density at radius 3 is 2.13 bits per heavy atom. The monoisotopic (exact) mass is 657 g/mol. The zero-order valence-electron chi connectivity index (χ0n) is 18.3. The molecule has 0 bridgehead atoms. The SMILES string of the molecule is O=C([O-])C1OC(OC2C(COSOO[O-])OC(COS(=O)(=O)[OH2+])C2O)C(OS(=O)(=O)[O-])C(O)C1OSOO[O-]. The Balaban J connectivity index is 2.32. The Morgan fingerprint density at radius 2 is 1.56 bits per heavy atom. The lowest BCUT2D eigenvalue weighted by atomic mass is 9.98. The van der Waals surface area contributed by atoms with Gasteiger partial charge in [0.15, 0.2) is 37.0 Å². The highest BCUT2D eigenvalue weighted by molar-refractivity contribution is 7.89. The van der Waals surface area contributed by atoms with E-state index in [4.69, 9.17) is 22.9 Å². The molecule has 23 nitrogen and oxygen atoms in total. The summed E-state index contributed by atoms with van der Waals surface area (Å²) < 4.78 is 104. The van der Waals surface area contributed by atoms with Crippen LogP contribution in [0.1, 0.15) is 0 Å². The van der Waals surface area contributed by atoms with E-state index in [0.717, 1.165) is 0 Å². The minimum Gasteiger partial charge on any atom is -0.726 e. The third-order valence-corrected chi connectivity index (χ3v) is 6.30. The number of carboxylic acids is 1. The van der Waals surface area contributed by atoms with Crippen molar-refractivity contribution < 1.29 is 106 Å². The van der Waals surface area contributed by atoms with E-state index in [1.807, 2.05) is 0 Å². The largest absolute Gasteiger partial charge is 0.726 e. The van der Waals surface area contributed by atoms with Crippen LogP contribution in [0.4, 0.5) is 0 Å². The molecule has 2 saturated heterocycles. The van der Waals surface area contributed by atoms with Gasteiger partial charge in [0, 0.05) is 0 Å². The van der Waals surface area contributed by atoms with E-state index in [1.54, 1.807) is 0 Å². The summed E-state index contributed by atoms with van der Waals surface area (Å²) in [4.78, 5) is 11.6. The molecule has 39 heavy (non-hydrogen) atoms. The van der Waals surface area contributed by atoms with Gasteiger partial charge >= 0.3 is 10.4 Å². The van der Waals surface area contributed by atoms with Crippen molar-refractivity contribution >= 4 is 51.4 Å². The highest BCUT2D eigenvalue weighted by Gasteiger charge is 2.53. The van der Waals surface area contributed by atoms with Crippen molar-refractivity contribution in [3.05, 3.63) is 0 Å². The van der Waals surface area contributed by atoms with Crippen LogP contribution in [0.5, 0.6) is 0 Å². The molecule has 2 heterocycles. The van der Waals surface area contributed by atoms with Crippen LogP contribution < -0.4 is 15.6 Å². The van der Waals surface area contributed by atoms with Crippen molar-refractivity contribution in [3.63, 3.8) is 0 Å². The molecule has 2 rings (SSSR count). The fraction of sp³-hybridized carbons (Fsp3) is 0.917. The molecule has 0 aromatic rings. The summed E-state index contributed by atoms with van der Waals surface area (Å²) in [6, 6.07) is 0. The zero-order valence-corrected chi connectivity index (χ0v) is 21.6. The first-order chi connectivity index (χ1) is 18.2. The van der Waals surface area contributed by atoms with E-state index in [-0.39, 0.29) is 24.6 Å². The lowest BCUT2D eigenvalue weighted by Gasteiger charge is -2.44. The number of aliphatic hydroxyl groups is 2. The van der Waals surface area contributed by atoms with Crippen LogP contribution in [0.15, 0.2) is 0 Å². The van der Waals surface area contributed by atoms with E-state index in [9.17, 15) is 52.0 Å². The highest BCUT2D eigenvalue weighted by Crippen LogP contribution is 2.34. The molecule has 2 aliphatic heterocycles. The third-order valence-electron chi connectivity index (χ3n) is 4.64. The summed E-state index contributed by atoms with van der Waals surface area (Å²) >= 11 is -0.375. The summed E-state index contributed by atoms with van der Waals surface area (Å²) in [6.45, 7) is -1.66. The van der Waals surface area contributed by atoms with Crippen molar-refractivity contribution in [2.24, 2.45) is 0 Å². The second kappa shape index (κ2) is 15.6. The number of rotatable bonds is 17. The average molecular weight is 658 g/mol. The number of aliphatic hydroxyl groups excluding tert-OH is 2. The zero-order chi connectivity index (χ0) is 29.4. The lowest BCUT2D eigenvalue weighted by molar-refractivity contribution is -0.777. The molecule has 230 valence electrons. The van der Waals surface area contributed by atoms with E-state index in [2.05, 4.69) is 31.3 Å². The van der Waals surface area contributed by atoms with Gasteiger partial charge in [0.05, 0.1) is 12.6 Å². The van der Waals surface area contributed by atoms with Crippen molar-refractivity contribution in [1.82, 2.24) is 0 Å². The molecule has 4 N–H and O–H groups in total. The molecule has 9 unspecified atom stereocenters. The first-order valence-electron chi connectivity index (χ1n) is 9.53. The van der Waals surface area contributed by atoms with Crippen LogP contribution in [-0.2, 0) is 75.3 Å². The highest BCUT2D eigenvalue weighted by atomic mass is 32.3. The Labute approximate surface area is 226 Å². The summed E-state index contributed by atoms with van der Waals surface area (Å²) in [5.74, 6) is -2.11. The standard InChI is InChI=1S/C12H20O23S4/c13-5-3(2-26-38(19,20)21)27-4(1-25-36-34-32-17)7(5)28-12-9(31-39(22,23)24)6(14)8(30-37-35-33-18)10(29-12)11(15)16/h3-10,12-14,17-18H,1-2H2,(H,15,16)(H,19,20,21)(H,22,23,24)/p-3. The van der Waals surface area contributed by atoms with Gasteiger partial charge in [-0.15, -0.1) is 17.1 Å². The Kier molecular flexibility index (Phi) is 13.8. The molecule has 0 amide bonds. The van der Waals surface area contributed by atoms with Gasteiger partial charge < -0.3 is 53.9 Å². The van der Waals surface area contributed by atoms with Gasteiger partial charge in [-0.3, -0.25) is 22.6 Å². The van der Waals surface area contributed by atoms with Gasteiger partial charge in [0.1, 0.15) is 49.3 Å². The van der Waals surface area contributed by atoms with Crippen molar-refractivity contribution in [2.45, 2.75) is 55.1 Å². The summed E-state index contributed by atoms with van der Waals surface area (Å²) in [5.41, 5.74) is 0. The fourth-order valence-corrected chi connectivity index (χ4v) is 4.64. The molecule has 0 saturated carbocycles. The molecule has 2 fully saturated rings. The van der Waals surface area contributed by atoms with Gasteiger partial charge in [-0.05, 0) is 0 Å². The van der Waals surface area contributed by atoms with E-state index in [0.29, 0.717) is 0 Å². The smallest absolute Gasteiger partial charge is 0.528 e. The fourth-order valence-electron chi connectivity index (χ4n) is 3.24. The maximum Gasteiger partial charge on any atom is 0.528 e. The molecule has 0 aromatic carbocycles.